The Kier molecular flexibility index (Phi) is 3.48. The first-order valence-electron chi connectivity index (χ1n) is 4.02. The fourth-order valence-electron chi connectivity index (χ4n) is 0.936. The molecule has 0 aliphatic heterocycles. The van der Waals surface area contributed by atoms with Gasteiger partial charge in [-0.15, -0.1) is 0 Å². The van der Waals surface area contributed by atoms with Gasteiger partial charge in [-0.05, 0) is 30.5 Å². The fraction of sp³-hybridized carbons (Fsp3) is 0.300. The molecule has 2 nitrogen and oxygen atoms in total. The fourth-order valence-corrected chi connectivity index (χ4v) is 0.936. The molecular formula is C10H13NO. The number of aliphatic hydroxyl groups is 1. The minimum Gasteiger partial charge on any atom is -0.396 e. The maximum absolute atomic E-state index is 8.55. The molecule has 1 aromatic rings. The van der Waals surface area contributed by atoms with Crippen molar-refractivity contribution in [2.45, 2.75) is 13.3 Å². The van der Waals surface area contributed by atoms with Gasteiger partial charge in [-0.3, -0.25) is 4.98 Å². The van der Waals surface area contributed by atoms with Crippen LogP contribution in [0.2, 0.25) is 0 Å². The van der Waals surface area contributed by atoms with Crippen molar-refractivity contribution in [3.63, 3.8) is 0 Å². The molecule has 0 bridgehead atoms. The lowest BCUT2D eigenvalue weighted by Gasteiger charge is -1.96. The zero-order chi connectivity index (χ0) is 8.81. The molecule has 0 radical (unpaired) electrons. The molecule has 1 N–H and O–H groups in total. The molecule has 0 amide bonds. The summed E-state index contributed by atoms with van der Waals surface area (Å²) in [6.45, 7) is 2.25. The summed E-state index contributed by atoms with van der Waals surface area (Å²) in [6, 6.07) is 1.97. The SMILES string of the molecule is Cc1ccncc1C=CCCO. The largest absolute Gasteiger partial charge is 0.396 e. The number of aromatic nitrogens is 1. The molecule has 12 heavy (non-hydrogen) atoms. The van der Waals surface area contributed by atoms with Crippen LogP contribution in [0, 0.1) is 6.92 Å². The lowest BCUT2D eigenvalue weighted by Crippen LogP contribution is -1.82. The second-order valence-corrected chi connectivity index (χ2v) is 2.65. The van der Waals surface area contributed by atoms with Crippen LogP contribution in [0.1, 0.15) is 17.5 Å². The van der Waals surface area contributed by atoms with Gasteiger partial charge in [0.1, 0.15) is 0 Å². The van der Waals surface area contributed by atoms with Gasteiger partial charge in [-0.1, -0.05) is 12.2 Å². The van der Waals surface area contributed by atoms with Crippen LogP contribution in [0.4, 0.5) is 0 Å². The third kappa shape index (κ3) is 2.47. The summed E-state index contributed by atoms with van der Waals surface area (Å²) >= 11 is 0. The summed E-state index contributed by atoms with van der Waals surface area (Å²) in [5.41, 5.74) is 2.32. The molecule has 0 saturated heterocycles. The Hall–Kier alpha value is -1.15. The highest BCUT2D eigenvalue weighted by Gasteiger charge is 1.90. The first-order chi connectivity index (χ1) is 5.84. The van der Waals surface area contributed by atoms with Crippen molar-refractivity contribution in [3.8, 4) is 0 Å². The van der Waals surface area contributed by atoms with E-state index in [1.807, 2.05) is 31.3 Å². The van der Waals surface area contributed by atoms with E-state index in [9.17, 15) is 0 Å². The van der Waals surface area contributed by atoms with E-state index in [2.05, 4.69) is 4.98 Å². The van der Waals surface area contributed by atoms with Crippen molar-refractivity contribution in [2.75, 3.05) is 6.61 Å². The number of hydrogen-bond acceptors (Lipinski definition) is 2. The Balaban J connectivity index is 2.68. The number of rotatable bonds is 3. The lowest BCUT2D eigenvalue weighted by atomic mass is 10.1. The van der Waals surface area contributed by atoms with Gasteiger partial charge in [-0.2, -0.15) is 0 Å². The van der Waals surface area contributed by atoms with Crippen molar-refractivity contribution >= 4 is 6.08 Å². The van der Waals surface area contributed by atoms with Gasteiger partial charge in [0.05, 0.1) is 0 Å². The molecule has 0 aromatic carbocycles. The molecule has 0 fully saturated rings. The van der Waals surface area contributed by atoms with Gasteiger partial charge in [0, 0.05) is 19.0 Å². The summed E-state index contributed by atoms with van der Waals surface area (Å²) in [5, 5.41) is 8.55. The molecule has 2 heteroatoms. The molecule has 0 spiro atoms. The van der Waals surface area contributed by atoms with E-state index in [0.29, 0.717) is 6.42 Å². The van der Waals surface area contributed by atoms with E-state index in [1.54, 1.807) is 6.20 Å². The van der Waals surface area contributed by atoms with Crippen LogP contribution in [-0.4, -0.2) is 16.7 Å². The van der Waals surface area contributed by atoms with Crippen LogP contribution in [0.15, 0.2) is 24.5 Å². The van der Waals surface area contributed by atoms with E-state index < -0.39 is 0 Å². The van der Waals surface area contributed by atoms with Gasteiger partial charge in [0.2, 0.25) is 0 Å². The van der Waals surface area contributed by atoms with Crippen LogP contribution < -0.4 is 0 Å². The highest BCUT2D eigenvalue weighted by atomic mass is 16.2. The van der Waals surface area contributed by atoms with Crippen molar-refractivity contribution in [1.29, 1.82) is 0 Å². The smallest absolute Gasteiger partial charge is 0.0465 e. The third-order valence-corrected chi connectivity index (χ3v) is 1.67. The van der Waals surface area contributed by atoms with Gasteiger partial charge in [0.25, 0.3) is 0 Å². The summed E-state index contributed by atoms with van der Waals surface area (Å²) < 4.78 is 0. The van der Waals surface area contributed by atoms with Crippen molar-refractivity contribution in [3.05, 3.63) is 35.7 Å². The van der Waals surface area contributed by atoms with Crippen molar-refractivity contribution in [2.24, 2.45) is 0 Å². The predicted octanol–water partition coefficient (Wildman–Crippen LogP) is 1.79. The highest BCUT2D eigenvalue weighted by Crippen LogP contribution is 2.06. The number of nitrogens with zero attached hydrogens (tertiary/aromatic N) is 1. The first-order valence-corrected chi connectivity index (χ1v) is 4.02. The Labute approximate surface area is 72.6 Å². The average Bonchev–Trinajstić information content (AvgIpc) is 2.09. The topological polar surface area (TPSA) is 33.1 Å². The standard InChI is InChI=1S/C10H13NO/c1-9-5-6-11-8-10(9)4-2-3-7-12/h2,4-6,8,12H,3,7H2,1H3. The Morgan fingerprint density at radius 1 is 1.58 bits per heavy atom. The molecule has 64 valence electrons. The molecular weight excluding hydrogens is 150 g/mol. The van der Waals surface area contributed by atoms with Gasteiger partial charge in [-0.25, -0.2) is 0 Å². The summed E-state index contributed by atoms with van der Waals surface area (Å²) in [6.07, 6.45) is 8.23. The van der Waals surface area contributed by atoms with Crippen molar-refractivity contribution < 1.29 is 5.11 Å². The summed E-state index contributed by atoms with van der Waals surface area (Å²) in [4.78, 5) is 4.01. The lowest BCUT2D eigenvalue weighted by molar-refractivity contribution is 0.303. The van der Waals surface area contributed by atoms with Gasteiger partial charge >= 0.3 is 0 Å². The van der Waals surface area contributed by atoms with Gasteiger partial charge < -0.3 is 5.11 Å². The van der Waals surface area contributed by atoms with E-state index in [1.165, 1.54) is 5.56 Å². The normalized spacial score (nSPS) is 10.8. The Morgan fingerprint density at radius 3 is 3.08 bits per heavy atom. The summed E-state index contributed by atoms with van der Waals surface area (Å²) in [7, 11) is 0. The quantitative estimate of drug-likeness (QED) is 0.736. The monoisotopic (exact) mass is 163 g/mol. The second kappa shape index (κ2) is 4.67. The molecule has 1 aromatic heterocycles. The molecule has 0 aliphatic rings. The van der Waals surface area contributed by atoms with E-state index >= 15 is 0 Å². The second-order valence-electron chi connectivity index (χ2n) is 2.65. The summed E-state index contributed by atoms with van der Waals surface area (Å²) in [5.74, 6) is 0. The van der Waals surface area contributed by atoms with Crippen LogP contribution in [0.5, 0.6) is 0 Å². The number of aliphatic hydroxyl groups excluding tert-OH is 1. The molecule has 0 saturated carbocycles. The predicted molar refractivity (Wildman–Crippen MR) is 49.7 cm³/mol. The molecule has 1 heterocycles. The Bertz CT molecular complexity index is 268. The minimum absolute atomic E-state index is 0.204. The van der Waals surface area contributed by atoms with E-state index in [4.69, 9.17) is 5.11 Å². The van der Waals surface area contributed by atoms with Gasteiger partial charge in [0.15, 0.2) is 0 Å². The Morgan fingerprint density at radius 2 is 2.42 bits per heavy atom. The number of pyridine rings is 1. The third-order valence-electron chi connectivity index (χ3n) is 1.67. The van der Waals surface area contributed by atoms with Crippen LogP contribution in [-0.2, 0) is 0 Å². The molecule has 1 rings (SSSR count). The number of hydrogen-bond donors (Lipinski definition) is 1. The van der Waals surface area contributed by atoms with Crippen molar-refractivity contribution in [1.82, 2.24) is 4.98 Å². The first kappa shape index (κ1) is 8.94. The van der Waals surface area contributed by atoms with E-state index in [-0.39, 0.29) is 6.61 Å². The highest BCUT2D eigenvalue weighted by molar-refractivity contribution is 5.51. The maximum atomic E-state index is 8.55. The number of aryl methyl sites for hydroxylation is 1. The van der Waals surface area contributed by atoms with Crippen LogP contribution in [0.3, 0.4) is 0 Å². The van der Waals surface area contributed by atoms with Crippen LogP contribution >= 0.6 is 0 Å². The average molecular weight is 163 g/mol. The molecule has 0 aliphatic carbocycles. The minimum atomic E-state index is 0.204. The maximum Gasteiger partial charge on any atom is 0.0465 e. The zero-order valence-electron chi connectivity index (χ0n) is 7.20. The molecule has 0 atom stereocenters. The molecule has 0 unspecified atom stereocenters. The van der Waals surface area contributed by atoms with E-state index in [0.717, 1.165) is 5.56 Å². The zero-order valence-corrected chi connectivity index (χ0v) is 7.20. The van der Waals surface area contributed by atoms with Crippen LogP contribution in [0.25, 0.3) is 6.08 Å².